The molecule has 1 heterocycles. The van der Waals surface area contributed by atoms with Gasteiger partial charge in [-0.3, -0.25) is 14.9 Å². The number of amides is 4. The summed E-state index contributed by atoms with van der Waals surface area (Å²) in [5.41, 5.74) is 2.61. The normalized spacial score (nSPS) is 15.0. The van der Waals surface area contributed by atoms with Gasteiger partial charge in [0.25, 0.3) is 11.8 Å². The van der Waals surface area contributed by atoms with E-state index >= 15 is 0 Å². The van der Waals surface area contributed by atoms with Gasteiger partial charge >= 0.3 is 6.03 Å². The molecule has 6 nitrogen and oxygen atoms in total. The number of carbonyl (C=O) groups excluding carboxylic acids is 3. The van der Waals surface area contributed by atoms with E-state index in [1.165, 1.54) is 12.1 Å². The third kappa shape index (κ3) is 4.94. The predicted octanol–water partition coefficient (Wildman–Crippen LogP) is 6.13. The standard InChI is InChI=1S/C25H17Br2ClN2O4/c1-34-22-11-14(10-21(27)18(22)12-15-5-2-3-8-20(15)26)9-19-23(31)29-25(33)30(24(19)32)17-7-4-6-16(28)13-17/h2-11,13H,12H2,1H3,(H,29,31,33)/b19-9+. The molecule has 3 aromatic rings. The summed E-state index contributed by atoms with van der Waals surface area (Å²) in [6, 6.07) is 16.9. The smallest absolute Gasteiger partial charge is 0.335 e. The van der Waals surface area contributed by atoms with Gasteiger partial charge < -0.3 is 4.74 Å². The molecule has 1 aliphatic rings. The average Bonchev–Trinajstić information content (AvgIpc) is 2.79. The molecule has 3 aromatic carbocycles. The zero-order valence-electron chi connectivity index (χ0n) is 17.8. The topological polar surface area (TPSA) is 75.7 Å². The van der Waals surface area contributed by atoms with Gasteiger partial charge in [-0.25, -0.2) is 9.69 Å². The van der Waals surface area contributed by atoms with E-state index in [9.17, 15) is 14.4 Å². The van der Waals surface area contributed by atoms with Crippen molar-refractivity contribution in [3.8, 4) is 5.75 Å². The van der Waals surface area contributed by atoms with Crippen LogP contribution in [0.2, 0.25) is 5.02 Å². The first-order valence-corrected chi connectivity index (χ1v) is 12.0. The summed E-state index contributed by atoms with van der Waals surface area (Å²) in [6.07, 6.45) is 2.02. The monoisotopic (exact) mass is 602 g/mol. The molecule has 172 valence electrons. The van der Waals surface area contributed by atoms with Crippen molar-refractivity contribution in [3.05, 3.63) is 96.9 Å². The Bertz CT molecular complexity index is 1360. The minimum Gasteiger partial charge on any atom is -0.496 e. The molecule has 0 bridgehead atoms. The highest BCUT2D eigenvalue weighted by atomic mass is 79.9. The molecule has 0 radical (unpaired) electrons. The van der Waals surface area contributed by atoms with Crippen molar-refractivity contribution in [3.63, 3.8) is 0 Å². The molecule has 34 heavy (non-hydrogen) atoms. The third-order valence-corrected chi connectivity index (χ3v) is 6.92. The number of barbiturate groups is 1. The fourth-order valence-corrected chi connectivity index (χ4v) is 4.78. The Labute approximate surface area is 217 Å². The van der Waals surface area contributed by atoms with Crippen molar-refractivity contribution in [1.82, 2.24) is 5.32 Å². The molecule has 0 aromatic heterocycles. The molecule has 0 spiro atoms. The highest BCUT2D eigenvalue weighted by Gasteiger charge is 2.37. The first kappa shape index (κ1) is 24.2. The molecule has 9 heteroatoms. The van der Waals surface area contributed by atoms with Crippen molar-refractivity contribution in [2.45, 2.75) is 6.42 Å². The lowest BCUT2D eigenvalue weighted by Crippen LogP contribution is -2.54. The van der Waals surface area contributed by atoms with Crippen LogP contribution in [0.1, 0.15) is 16.7 Å². The Morgan fingerprint density at radius 1 is 1.00 bits per heavy atom. The van der Waals surface area contributed by atoms with Gasteiger partial charge in [0, 0.05) is 26.0 Å². The number of ether oxygens (including phenoxy) is 1. The minimum absolute atomic E-state index is 0.188. The Balaban J connectivity index is 1.72. The number of anilines is 1. The lowest BCUT2D eigenvalue weighted by Gasteiger charge is -2.26. The summed E-state index contributed by atoms with van der Waals surface area (Å²) in [6.45, 7) is 0. The molecule has 4 amide bonds. The number of benzene rings is 3. The number of rotatable bonds is 5. The van der Waals surface area contributed by atoms with E-state index in [1.807, 2.05) is 24.3 Å². The largest absolute Gasteiger partial charge is 0.496 e. The lowest BCUT2D eigenvalue weighted by molar-refractivity contribution is -0.122. The van der Waals surface area contributed by atoms with Crippen molar-refractivity contribution in [2.75, 3.05) is 12.0 Å². The maximum atomic E-state index is 13.1. The maximum absolute atomic E-state index is 13.1. The van der Waals surface area contributed by atoms with Crippen LogP contribution in [0.5, 0.6) is 5.75 Å². The van der Waals surface area contributed by atoms with Crippen LogP contribution in [0, 0.1) is 0 Å². The SMILES string of the molecule is COc1cc(/C=C2\C(=O)NC(=O)N(c3cccc(Cl)c3)C2=O)cc(Br)c1Cc1ccccc1Br. The number of methoxy groups -OCH3 is 1. The number of halogens is 3. The second-order valence-electron chi connectivity index (χ2n) is 7.39. The Morgan fingerprint density at radius 3 is 2.47 bits per heavy atom. The number of hydrogen-bond donors (Lipinski definition) is 1. The van der Waals surface area contributed by atoms with E-state index in [4.69, 9.17) is 16.3 Å². The van der Waals surface area contributed by atoms with Crippen molar-refractivity contribution >= 4 is 73.1 Å². The Hall–Kier alpha value is -2.94. The fourth-order valence-electron chi connectivity index (χ4n) is 3.57. The van der Waals surface area contributed by atoms with Crippen LogP contribution >= 0.6 is 43.5 Å². The van der Waals surface area contributed by atoms with Gasteiger partial charge in [-0.1, -0.05) is 67.7 Å². The molecule has 0 aliphatic carbocycles. The van der Waals surface area contributed by atoms with E-state index in [0.717, 1.165) is 25.0 Å². The van der Waals surface area contributed by atoms with Crippen LogP contribution in [-0.2, 0) is 16.0 Å². The molecule has 0 saturated carbocycles. The van der Waals surface area contributed by atoms with Gasteiger partial charge in [0.2, 0.25) is 0 Å². The van der Waals surface area contributed by atoms with Crippen molar-refractivity contribution in [2.24, 2.45) is 0 Å². The molecule has 1 N–H and O–H groups in total. The molecule has 1 aliphatic heterocycles. The summed E-state index contributed by atoms with van der Waals surface area (Å²) < 4.78 is 7.33. The molecule has 0 unspecified atom stereocenters. The first-order valence-electron chi connectivity index (χ1n) is 10.1. The number of imide groups is 2. The summed E-state index contributed by atoms with van der Waals surface area (Å²) >= 11 is 13.2. The zero-order chi connectivity index (χ0) is 24.4. The second kappa shape index (κ2) is 10.1. The second-order valence-corrected chi connectivity index (χ2v) is 9.53. The number of urea groups is 1. The zero-order valence-corrected chi connectivity index (χ0v) is 21.7. The number of nitrogens with zero attached hydrogens (tertiary/aromatic N) is 1. The molecular formula is C25H17Br2ClN2O4. The minimum atomic E-state index is -0.836. The van der Waals surface area contributed by atoms with Crippen LogP contribution in [0.25, 0.3) is 6.08 Å². The van der Waals surface area contributed by atoms with E-state index in [0.29, 0.717) is 22.8 Å². The van der Waals surface area contributed by atoms with Gasteiger partial charge in [0.1, 0.15) is 11.3 Å². The number of hydrogen-bond acceptors (Lipinski definition) is 4. The summed E-state index contributed by atoms with van der Waals surface area (Å²) in [5, 5.41) is 2.57. The first-order chi connectivity index (χ1) is 16.3. The lowest BCUT2D eigenvalue weighted by atomic mass is 10.0. The highest BCUT2D eigenvalue weighted by molar-refractivity contribution is 9.10. The molecule has 1 fully saturated rings. The molecule has 4 rings (SSSR count). The summed E-state index contributed by atoms with van der Waals surface area (Å²) in [7, 11) is 1.56. The maximum Gasteiger partial charge on any atom is 0.335 e. The molecular weight excluding hydrogens is 588 g/mol. The van der Waals surface area contributed by atoms with E-state index in [2.05, 4.69) is 37.2 Å². The van der Waals surface area contributed by atoms with Gasteiger partial charge in [0.05, 0.1) is 12.8 Å². The van der Waals surface area contributed by atoms with Crippen LogP contribution in [0.15, 0.2) is 75.2 Å². The average molecular weight is 605 g/mol. The van der Waals surface area contributed by atoms with Crippen LogP contribution < -0.4 is 15.0 Å². The van der Waals surface area contributed by atoms with Crippen LogP contribution in [0.4, 0.5) is 10.5 Å². The van der Waals surface area contributed by atoms with Gasteiger partial charge in [-0.15, -0.1) is 0 Å². The Kier molecular flexibility index (Phi) is 7.21. The van der Waals surface area contributed by atoms with E-state index in [-0.39, 0.29) is 11.3 Å². The van der Waals surface area contributed by atoms with E-state index < -0.39 is 17.8 Å². The highest BCUT2D eigenvalue weighted by Crippen LogP contribution is 2.34. The van der Waals surface area contributed by atoms with Crippen LogP contribution in [0.3, 0.4) is 0 Å². The van der Waals surface area contributed by atoms with Crippen molar-refractivity contribution < 1.29 is 19.1 Å². The van der Waals surface area contributed by atoms with Crippen LogP contribution in [-0.4, -0.2) is 25.0 Å². The van der Waals surface area contributed by atoms with E-state index in [1.54, 1.807) is 37.4 Å². The van der Waals surface area contributed by atoms with Gasteiger partial charge in [-0.2, -0.15) is 0 Å². The number of nitrogens with one attached hydrogen (secondary N) is 1. The summed E-state index contributed by atoms with van der Waals surface area (Å²) in [5.74, 6) is -0.938. The molecule has 0 atom stereocenters. The third-order valence-electron chi connectivity index (χ3n) is 5.20. The summed E-state index contributed by atoms with van der Waals surface area (Å²) in [4.78, 5) is 38.9. The molecule has 1 saturated heterocycles. The van der Waals surface area contributed by atoms with Gasteiger partial charge in [0.15, 0.2) is 0 Å². The quantitative estimate of drug-likeness (QED) is 0.281. The fraction of sp³-hybridized carbons (Fsp3) is 0.0800. The Morgan fingerprint density at radius 2 is 1.76 bits per heavy atom. The van der Waals surface area contributed by atoms with Gasteiger partial charge in [-0.05, 0) is 53.6 Å². The predicted molar refractivity (Wildman–Crippen MR) is 138 cm³/mol. The number of carbonyl (C=O) groups is 3. The van der Waals surface area contributed by atoms with Crippen molar-refractivity contribution in [1.29, 1.82) is 0 Å².